The van der Waals surface area contributed by atoms with Gasteiger partial charge < -0.3 is 4.57 Å². The molecule has 5 nitrogen and oxygen atoms in total. The summed E-state index contributed by atoms with van der Waals surface area (Å²) >= 11 is 5.59. The number of benzene rings is 1. The van der Waals surface area contributed by atoms with Crippen molar-refractivity contribution < 1.29 is 12.8 Å². The van der Waals surface area contributed by atoms with E-state index in [2.05, 4.69) is 9.71 Å². The van der Waals surface area contributed by atoms with Gasteiger partial charge in [-0.05, 0) is 25.1 Å². The Bertz CT molecular complexity index is 689. The molecular weight excluding hydrogens is 305 g/mol. The van der Waals surface area contributed by atoms with Gasteiger partial charge in [0.1, 0.15) is 5.82 Å². The molecule has 1 aromatic heterocycles. The molecule has 0 bridgehead atoms. The smallest absolute Gasteiger partial charge is 0.240 e. The number of hydrogen-bond donors (Lipinski definition) is 1. The highest BCUT2D eigenvalue weighted by Gasteiger charge is 2.18. The molecule has 0 saturated heterocycles. The van der Waals surface area contributed by atoms with Crippen LogP contribution in [0.5, 0.6) is 0 Å². The standard InChI is InChI=1S/C12H13ClFN3O2S/c1-9(7-17-5-4-15-8-17)16-20(18,19)10-2-3-12(14)11(13)6-10/h2-6,8-9,16H,7H2,1H3. The van der Waals surface area contributed by atoms with Crippen LogP contribution in [0.1, 0.15) is 6.92 Å². The van der Waals surface area contributed by atoms with Crippen LogP contribution >= 0.6 is 11.6 Å². The van der Waals surface area contributed by atoms with Crippen LogP contribution in [-0.2, 0) is 16.6 Å². The SMILES string of the molecule is CC(Cn1ccnc1)NS(=O)(=O)c1ccc(F)c(Cl)c1. The Balaban J connectivity index is 2.12. The van der Waals surface area contributed by atoms with Crippen LogP contribution in [0.15, 0.2) is 41.8 Å². The molecule has 1 atom stereocenters. The highest BCUT2D eigenvalue weighted by molar-refractivity contribution is 7.89. The van der Waals surface area contributed by atoms with Crippen LogP contribution in [0.2, 0.25) is 5.02 Å². The quantitative estimate of drug-likeness (QED) is 0.918. The first-order valence-electron chi connectivity index (χ1n) is 5.81. The molecule has 0 radical (unpaired) electrons. The summed E-state index contributed by atoms with van der Waals surface area (Å²) in [5.74, 6) is -0.655. The lowest BCUT2D eigenvalue weighted by molar-refractivity contribution is 0.520. The maximum atomic E-state index is 13.0. The molecule has 0 aliphatic rings. The van der Waals surface area contributed by atoms with Crippen molar-refractivity contribution in [3.63, 3.8) is 0 Å². The maximum absolute atomic E-state index is 13.0. The number of nitrogens with one attached hydrogen (secondary N) is 1. The van der Waals surface area contributed by atoms with Crippen molar-refractivity contribution in [1.29, 1.82) is 0 Å². The number of aromatic nitrogens is 2. The number of rotatable bonds is 5. The molecule has 20 heavy (non-hydrogen) atoms. The molecular formula is C12H13ClFN3O2S. The van der Waals surface area contributed by atoms with E-state index in [4.69, 9.17) is 11.6 Å². The summed E-state index contributed by atoms with van der Waals surface area (Å²) in [6.07, 6.45) is 4.94. The van der Waals surface area contributed by atoms with Gasteiger partial charge in [-0.15, -0.1) is 0 Å². The number of hydrogen-bond acceptors (Lipinski definition) is 3. The van der Waals surface area contributed by atoms with Gasteiger partial charge in [0.2, 0.25) is 10.0 Å². The van der Waals surface area contributed by atoms with Gasteiger partial charge >= 0.3 is 0 Å². The van der Waals surface area contributed by atoms with Gasteiger partial charge in [-0.1, -0.05) is 11.6 Å². The fourth-order valence-electron chi connectivity index (χ4n) is 1.73. The largest absolute Gasteiger partial charge is 0.336 e. The topological polar surface area (TPSA) is 64.0 Å². The predicted molar refractivity (Wildman–Crippen MR) is 73.4 cm³/mol. The third-order valence-electron chi connectivity index (χ3n) is 2.60. The lowest BCUT2D eigenvalue weighted by atomic mass is 10.3. The van der Waals surface area contributed by atoms with Gasteiger partial charge in [0.25, 0.3) is 0 Å². The Morgan fingerprint density at radius 3 is 2.85 bits per heavy atom. The fourth-order valence-corrected chi connectivity index (χ4v) is 3.23. The molecule has 1 aromatic carbocycles. The zero-order valence-corrected chi connectivity index (χ0v) is 12.2. The third kappa shape index (κ3) is 3.56. The fraction of sp³-hybridized carbons (Fsp3) is 0.250. The van der Waals surface area contributed by atoms with Gasteiger partial charge in [-0.2, -0.15) is 0 Å². The number of nitrogens with zero attached hydrogens (tertiary/aromatic N) is 2. The molecule has 2 aromatic rings. The van der Waals surface area contributed by atoms with E-state index in [-0.39, 0.29) is 16.0 Å². The Kier molecular flexibility index (Phi) is 4.42. The van der Waals surface area contributed by atoms with Gasteiger partial charge in [-0.3, -0.25) is 0 Å². The first-order valence-corrected chi connectivity index (χ1v) is 7.68. The average Bonchev–Trinajstić information content (AvgIpc) is 2.84. The normalized spacial score (nSPS) is 13.3. The summed E-state index contributed by atoms with van der Waals surface area (Å²) in [6.45, 7) is 2.16. The molecule has 0 aliphatic heterocycles. The van der Waals surface area contributed by atoms with Gasteiger partial charge in [-0.25, -0.2) is 22.5 Å². The second-order valence-corrected chi connectivity index (χ2v) is 6.48. The second kappa shape index (κ2) is 5.90. The van der Waals surface area contributed by atoms with Crippen molar-refractivity contribution in [2.24, 2.45) is 0 Å². The van der Waals surface area contributed by atoms with Gasteiger partial charge in [0.05, 0.1) is 16.2 Å². The number of halogens is 2. The Hall–Kier alpha value is -1.44. The molecule has 0 aliphatic carbocycles. The lowest BCUT2D eigenvalue weighted by Gasteiger charge is -2.15. The first-order chi connectivity index (χ1) is 9.38. The van der Waals surface area contributed by atoms with Crippen LogP contribution in [-0.4, -0.2) is 24.0 Å². The second-order valence-electron chi connectivity index (χ2n) is 4.36. The van der Waals surface area contributed by atoms with Crippen LogP contribution in [0.3, 0.4) is 0 Å². The Labute approximate surface area is 121 Å². The Morgan fingerprint density at radius 1 is 1.50 bits per heavy atom. The molecule has 1 unspecified atom stereocenters. The van der Waals surface area contributed by atoms with Crippen LogP contribution in [0, 0.1) is 5.82 Å². The average molecular weight is 318 g/mol. The van der Waals surface area contributed by atoms with E-state index in [1.807, 2.05) is 0 Å². The van der Waals surface area contributed by atoms with Gasteiger partial charge in [0, 0.05) is 25.0 Å². The molecule has 0 amide bonds. The van der Waals surface area contributed by atoms with Crippen molar-refractivity contribution in [2.75, 3.05) is 0 Å². The molecule has 1 heterocycles. The molecule has 0 saturated carbocycles. The zero-order valence-electron chi connectivity index (χ0n) is 10.6. The van der Waals surface area contributed by atoms with E-state index in [9.17, 15) is 12.8 Å². The van der Waals surface area contributed by atoms with Crippen molar-refractivity contribution in [3.8, 4) is 0 Å². The molecule has 2 rings (SSSR count). The molecule has 1 N–H and O–H groups in total. The van der Waals surface area contributed by atoms with E-state index >= 15 is 0 Å². The Morgan fingerprint density at radius 2 is 2.25 bits per heavy atom. The lowest BCUT2D eigenvalue weighted by Crippen LogP contribution is -2.35. The van der Waals surface area contributed by atoms with Crippen LogP contribution in [0.4, 0.5) is 4.39 Å². The summed E-state index contributed by atoms with van der Waals surface area (Å²) < 4.78 is 41.5. The maximum Gasteiger partial charge on any atom is 0.240 e. The van der Waals surface area contributed by atoms with Crippen molar-refractivity contribution in [2.45, 2.75) is 24.4 Å². The highest BCUT2D eigenvalue weighted by atomic mass is 35.5. The van der Waals surface area contributed by atoms with E-state index in [0.717, 1.165) is 12.1 Å². The predicted octanol–water partition coefficient (Wildman–Crippen LogP) is 2.04. The summed E-state index contributed by atoms with van der Waals surface area (Å²) in [5, 5.41) is -0.227. The molecule has 108 valence electrons. The number of imidazole rings is 1. The minimum atomic E-state index is -3.74. The molecule has 0 fully saturated rings. The third-order valence-corrected chi connectivity index (χ3v) is 4.48. The first kappa shape index (κ1) is 15.0. The summed E-state index contributed by atoms with van der Waals surface area (Å²) in [4.78, 5) is 3.81. The summed E-state index contributed by atoms with van der Waals surface area (Å²) in [5.41, 5.74) is 0. The monoisotopic (exact) mass is 317 g/mol. The minimum Gasteiger partial charge on any atom is -0.336 e. The number of sulfonamides is 1. The van der Waals surface area contributed by atoms with Crippen molar-refractivity contribution in [3.05, 3.63) is 47.8 Å². The van der Waals surface area contributed by atoms with Crippen molar-refractivity contribution in [1.82, 2.24) is 14.3 Å². The summed E-state index contributed by atoms with van der Waals surface area (Å²) in [6, 6.07) is 2.94. The molecule has 8 heteroatoms. The summed E-state index contributed by atoms with van der Waals surface area (Å²) in [7, 11) is -3.74. The van der Waals surface area contributed by atoms with E-state index in [1.54, 1.807) is 30.2 Å². The van der Waals surface area contributed by atoms with Crippen molar-refractivity contribution >= 4 is 21.6 Å². The van der Waals surface area contributed by atoms with E-state index in [0.29, 0.717) is 6.54 Å². The van der Waals surface area contributed by atoms with Crippen LogP contribution < -0.4 is 4.72 Å². The van der Waals surface area contributed by atoms with Crippen LogP contribution in [0.25, 0.3) is 0 Å². The molecule has 0 spiro atoms. The van der Waals surface area contributed by atoms with E-state index in [1.165, 1.54) is 6.07 Å². The minimum absolute atomic E-state index is 0.0682. The van der Waals surface area contributed by atoms with E-state index < -0.39 is 15.8 Å². The zero-order chi connectivity index (χ0) is 14.8. The highest BCUT2D eigenvalue weighted by Crippen LogP contribution is 2.19. The van der Waals surface area contributed by atoms with Gasteiger partial charge in [0.15, 0.2) is 0 Å².